The molecule has 0 fully saturated rings. The molecule has 0 atom stereocenters. The molecule has 8 heteroatoms. The van der Waals surface area contributed by atoms with Crippen LogP contribution in [0.15, 0.2) is 53.1 Å². The van der Waals surface area contributed by atoms with Crippen molar-refractivity contribution in [1.29, 1.82) is 0 Å². The van der Waals surface area contributed by atoms with Crippen LogP contribution in [0.1, 0.15) is 16.8 Å². The van der Waals surface area contributed by atoms with Gasteiger partial charge in [-0.2, -0.15) is 13.2 Å². The van der Waals surface area contributed by atoms with Crippen molar-refractivity contribution in [3.8, 4) is 0 Å². The van der Waals surface area contributed by atoms with Gasteiger partial charge in [0.05, 0.1) is 13.0 Å². The fraction of sp³-hybridized carbons (Fsp3) is 0.263. The van der Waals surface area contributed by atoms with E-state index in [1.54, 1.807) is 30.3 Å². The Morgan fingerprint density at radius 1 is 1.07 bits per heavy atom. The third kappa shape index (κ3) is 5.55. The molecule has 3 rings (SSSR count). The van der Waals surface area contributed by atoms with Crippen molar-refractivity contribution in [2.24, 2.45) is 0 Å². The summed E-state index contributed by atoms with van der Waals surface area (Å²) in [5.41, 5.74) is 2.65. The van der Waals surface area contributed by atoms with E-state index in [2.05, 4.69) is 15.2 Å². The molecule has 0 saturated heterocycles. The Labute approximate surface area is 153 Å². The van der Waals surface area contributed by atoms with E-state index in [1.165, 1.54) is 0 Å². The van der Waals surface area contributed by atoms with E-state index in [1.807, 2.05) is 18.2 Å². The van der Waals surface area contributed by atoms with Crippen LogP contribution in [0.25, 0.3) is 11.0 Å². The quantitative estimate of drug-likeness (QED) is 0.680. The van der Waals surface area contributed by atoms with E-state index in [0.717, 1.165) is 10.9 Å². The van der Waals surface area contributed by atoms with Crippen molar-refractivity contribution >= 4 is 16.9 Å². The van der Waals surface area contributed by atoms with Gasteiger partial charge in [-0.1, -0.05) is 41.6 Å². The van der Waals surface area contributed by atoms with E-state index in [4.69, 9.17) is 4.52 Å². The standard InChI is InChI=1S/C19H17F3N2O3/c20-19(21,22)12-26-11-14-7-5-13(6-8-14)10-23-18(25)9-16-15-3-1-2-4-17(15)27-24-16/h1-8H,9-12H2,(H,23,25). The summed E-state index contributed by atoms with van der Waals surface area (Å²) < 4.78 is 45.9. The summed E-state index contributed by atoms with van der Waals surface area (Å²) in [6.45, 7) is -1.09. The van der Waals surface area contributed by atoms with Gasteiger partial charge in [0, 0.05) is 11.9 Å². The fourth-order valence-corrected chi connectivity index (χ4v) is 2.52. The van der Waals surface area contributed by atoms with Crippen molar-refractivity contribution in [1.82, 2.24) is 10.5 Å². The molecule has 0 saturated carbocycles. The van der Waals surface area contributed by atoms with Crippen LogP contribution in [-0.4, -0.2) is 23.8 Å². The molecule has 2 aromatic carbocycles. The summed E-state index contributed by atoms with van der Waals surface area (Å²) in [4.78, 5) is 12.1. The number of carbonyl (C=O) groups excluding carboxylic acids is 1. The molecule has 1 N–H and O–H groups in total. The number of halogens is 3. The minimum Gasteiger partial charge on any atom is -0.367 e. The number of fused-ring (bicyclic) bond motifs is 1. The van der Waals surface area contributed by atoms with Crippen LogP contribution in [0, 0.1) is 0 Å². The molecule has 0 unspecified atom stereocenters. The van der Waals surface area contributed by atoms with E-state index in [-0.39, 0.29) is 18.9 Å². The lowest BCUT2D eigenvalue weighted by Gasteiger charge is -2.08. The smallest absolute Gasteiger partial charge is 0.367 e. The third-order valence-corrected chi connectivity index (χ3v) is 3.83. The first kappa shape index (κ1) is 18.9. The summed E-state index contributed by atoms with van der Waals surface area (Å²) >= 11 is 0. The Kier molecular flexibility index (Phi) is 5.75. The number of benzene rings is 2. The summed E-state index contributed by atoms with van der Waals surface area (Å²) in [6, 6.07) is 14.1. The molecule has 1 aromatic heterocycles. The maximum atomic E-state index is 12.1. The zero-order valence-electron chi connectivity index (χ0n) is 14.3. The van der Waals surface area contributed by atoms with Gasteiger partial charge in [-0.3, -0.25) is 4.79 Å². The highest BCUT2D eigenvalue weighted by Crippen LogP contribution is 2.18. The number of carbonyl (C=O) groups is 1. The predicted octanol–water partition coefficient (Wildman–Crippen LogP) is 3.77. The maximum Gasteiger partial charge on any atom is 0.411 e. The number of para-hydroxylation sites is 1. The fourth-order valence-electron chi connectivity index (χ4n) is 2.52. The SMILES string of the molecule is O=C(Cc1noc2ccccc12)NCc1ccc(COCC(F)(F)F)cc1. The van der Waals surface area contributed by atoms with Gasteiger partial charge in [0.25, 0.3) is 0 Å². The van der Waals surface area contributed by atoms with E-state index in [0.29, 0.717) is 23.4 Å². The number of alkyl halides is 3. The first-order valence-corrected chi connectivity index (χ1v) is 8.23. The molecule has 0 aliphatic carbocycles. The highest BCUT2D eigenvalue weighted by molar-refractivity contribution is 5.86. The highest BCUT2D eigenvalue weighted by atomic mass is 19.4. The number of nitrogens with zero attached hydrogens (tertiary/aromatic N) is 1. The molecule has 3 aromatic rings. The Balaban J connectivity index is 1.47. The number of rotatable bonds is 7. The second-order valence-corrected chi connectivity index (χ2v) is 6.00. The number of aromatic nitrogens is 1. The zero-order valence-corrected chi connectivity index (χ0v) is 14.3. The summed E-state index contributed by atoms with van der Waals surface area (Å²) in [7, 11) is 0. The number of amides is 1. The topological polar surface area (TPSA) is 64.4 Å². The van der Waals surface area contributed by atoms with Crippen LogP contribution >= 0.6 is 0 Å². The minimum absolute atomic E-state index is 0.0976. The second kappa shape index (κ2) is 8.22. The normalized spacial score (nSPS) is 11.7. The van der Waals surface area contributed by atoms with Gasteiger partial charge in [0.2, 0.25) is 5.91 Å². The van der Waals surface area contributed by atoms with Gasteiger partial charge in [0.1, 0.15) is 12.3 Å². The number of hydrogen-bond donors (Lipinski definition) is 1. The molecule has 1 heterocycles. The van der Waals surface area contributed by atoms with Gasteiger partial charge in [-0.25, -0.2) is 0 Å². The highest BCUT2D eigenvalue weighted by Gasteiger charge is 2.27. The number of ether oxygens (including phenoxy) is 1. The summed E-state index contributed by atoms with van der Waals surface area (Å²) in [6.07, 6.45) is -4.24. The van der Waals surface area contributed by atoms with Gasteiger partial charge in [-0.05, 0) is 23.3 Å². The van der Waals surface area contributed by atoms with Gasteiger partial charge in [-0.15, -0.1) is 0 Å². The molecular formula is C19H17F3N2O3. The molecule has 27 heavy (non-hydrogen) atoms. The van der Waals surface area contributed by atoms with E-state index < -0.39 is 12.8 Å². The average molecular weight is 378 g/mol. The molecule has 0 spiro atoms. The molecule has 1 amide bonds. The first-order valence-electron chi connectivity index (χ1n) is 8.23. The Morgan fingerprint density at radius 3 is 2.52 bits per heavy atom. The van der Waals surface area contributed by atoms with Crippen molar-refractivity contribution in [3.05, 3.63) is 65.4 Å². The maximum absolute atomic E-state index is 12.1. The lowest BCUT2D eigenvalue weighted by atomic mass is 10.1. The predicted molar refractivity (Wildman–Crippen MR) is 91.7 cm³/mol. The largest absolute Gasteiger partial charge is 0.411 e. The molecule has 142 valence electrons. The number of hydrogen-bond acceptors (Lipinski definition) is 4. The van der Waals surface area contributed by atoms with Crippen molar-refractivity contribution < 1.29 is 27.2 Å². The molecular weight excluding hydrogens is 361 g/mol. The van der Waals surface area contributed by atoms with Crippen molar-refractivity contribution in [2.45, 2.75) is 25.7 Å². The minimum atomic E-state index is -4.33. The van der Waals surface area contributed by atoms with Crippen molar-refractivity contribution in [2.75, 3.05) is 6.61 Å². The lowest BCUT2D eigenvalue weighted by Crippen LogP contribution is -2.24. The number of nitrogens with one attached hydrogen (secondary N) is 1. The van der Waals surface area contributed by atoms with Crippen LogP contribution in [0.2, 0.25) is 0 Å². The first-order chi connectivity index (χ1) is 12.9. The van der Waals surface area contributed by atoms with Gasteiger partial charge >= 0.3 is 6.18 Å². The van der Waals surface area contributed by atoms with Gasteiger partial charge in [0.15, 0.2) is 5.58 Å². The molecule has 0 aliphatic heterocycles. The molecule has 0 radical (unpaired) electrons. The Hall–Kier alpha value is -2.87. The molecule has 0 aliphatic rings. The summed E-state index contributed by atoms with van der Waals surface area (Å²) in [5.74, 6) is -0.202. The van der Waals surface area contributed by atoms with Gasteiger partial charge < -0.3 is 14.6 Å². The van der Waals surface area contributed by atoms with Crippen LogP contribution in [0.3, 0.4) is 0 Å². The summed E-state index contributed by atoms with van der Waals surface area (Å²) in [5, 5.41) is 7.50. The van der Waals surface area contributed by atoms with E-state index >= 15 is 0 Å². The molecule has 0 bridgehead atoms. The lowest BCUT2D eigenvalue weighted by molar-refractivity contribution is -0.176. The van der Waals surface area contributed by atoms with Crippen molar-refractivity contribution in [3.63, 3.8) is 0 Å². The van der Waals surface area contributed by atoms with E-state index in [9.17, 15) is 18.0 Å². The Morgan fingerprint density at radius 2 is 1.78 bits per heavy atom. The van der Waals surface area contributed by atoms with Crippen LogP contribution in [0.5, 0.6) is 0 Å². The average Bonchev–Trinajstić information content (AvgIpc) is 3.03. The Bertz CT molecular complexity index is 904. The third-order valence-electron chi connectivity index (χ3n) is 3.83. The zero-order chi connectivity index (χ0) is 19.3. The monoisotopic (exact) mass is 378 g/mol. The van der Waals surface area contributed by atoms with Crippen LogP contribution < -0.4 is 5.32 Å². The van der Waals surface area contributed by atoms with Crippen LogP contribution in [-0.2, 0) is 29.1 Å². The van der Waals surface area contributed by atoms with Crippen LogP contribution in [0.4, 0.5) is 13.2 Å². The molecule has 5 nitrogen and oxygen atoms in total. The second-order valence-electron chi connectivity index (χ2n) is 6.00.